The molecule has 1 aromatic rings. The zero-order chi connectivity index (χ0) is 11.4. The van der Waals surface area contributed by atoms with Gasteiger partial charge in [-0.3, -0.25) is 0 Å². The van der Waals surface area contributed by atoms with Crippen molar-refractivity contribution >= 4 is 11.3 Å². The Bertz CT molecular complexity index is 309. The summed E-state index contributed by atoms with van der Waals surface area (Å²) in [6.45, 7) is 3.47. The summed E-state index contributed by atoms with van der Waals surface area (Å²) in [6.07, 6.45) is 4.76. The van der Waals surface area contributed by atoms with E-state index in [4.69, 9.17) is 5.11 Å². The summed E-state index contributed by atoms with van der Waals surface area (Å²) in [5, 5.41) is 14.7. The fraction of sp³-hybridized carbons (Fsp3) is 0.750. The van der Waals surface area contributed by atoms with Crippen LogP contribution in [0.25, 0.3) is 0 Å². The lowest BCUT2D eigenvalue weighted by atomic mass is 9.66. The van der Waals surface area contributed by atoms with Gasteiger partial charge >= 0.3 is 0 Å². The van der Waals surface area contributed by atoms with Crippen LogP contribution < -0.4 is 5.32 Å². The van der Waals surface area contributed by atoms with Gasteiger partial charge in [0.15, 0.2) is 0 Å². The predicted molar refractivity (Wildman–Crippen MR) is 66.5 cm³/mol. The van der Waals surface area contributed by atoms with E-state index in [-0.39, 0.29) is 0 Å². The monoisotopic (exact) mass is 240 g/mol. The van der Waals surface area contributed by atoms with E-state index in [1.54, 1.807) is 11.3 Å². The molecule has 3 nitrogen and oxygen atoms in total. The second kappa shape index (κ2) is 5.25. The Morgan fingerprint density at radius 3 is 2.94 bits per heavy atom. The van der Waals surface area contributed by atoms with Crippen LogP contribution in [-0.4, -0.2) is 23.2 Å². The minimum Gasteiger partial charge on any atom is -0.396 e. The molecule has 2 rings (SSSR count). The molecule has 0 aliphatic heterocycles. The molecule has 0 spiro atoms. The number of aromatic nitrogens is 1. The lowest BCUT2D eigenvalue weighted by Gasteiger charge is -2.42. The van der Waals surface area contributed by atoms with Gasteiger partial charge in [-0.25, -0.2) is 4.98 Å². The highest BCUT2D eigenvalue weighted by molar-refractivity contribution is 7.07. The third-order valence-corrected chi connectivity index (χ3v) is 4.34. The summed E-state index contributed by atoms with van der Waals surface area (Å²) < 4.78 is 0. The van der Waals surface area contributed by atoms with Crippen molar-refractivity contribution in [1.82, 2.24) is 10.3 Å². The van der Waals surface area contributed by atoms with Crippen molar-refractivity contribution in [2.75, 3.05) is 13.2 Å². The quantitative estimate of drug-likeness (QED) is 0.802. The first kappa shape index (κ1) is 12.0. The van der Waals surface area contributed by atoms with E-state index < -0.39 is 0 Å². The number of hydrogen-bond donors (Lipinski definition) is 2. The fourth-order valence-electron chi connectivity index (χ4n) is 2.34. The van der Waals surface area contributed by atoms with Crippen LogP contribution >= 0.6 is 11.3 Å². The lowest BCUT2D eigenvalue weighted by Crippen LogP contribution is -2.41. The third-order valence-electron chi connectivity index (χ3n) is 3.73. The van der Waals surface area contributed by atoms with Crippen molar-refractivity contribution < 1.29 is 5.11 Å². The standard InChI is InChI=1S/C12H20N2OS/c1-10(11-7-16-9-14-11)13-8-12(5-6-15)3-2-4-12/h7,9-10,13,15H,2-6,8H2,1H3. The molecule has 1 saturated carbocycles. The second-order valence-electron chi connectivity index (χ2n) is 4.84. The Morgan fingerprint density at radius 2 is 2.44 bits per heavy atom. The van der Waals surface area contributed by atoms with Crippen molar-refractivity contribution in [3.8, 4) is 0 Å². The zero-order valence-corrected chi connectivity index (χ0v) is 10.6. The molecule has 1 aliphatic carbocycles. The van der Waals surface area contributed by atoms with E-state index in [1.807, 2.05) is 5.51 Å². The van der Waals surface area contributed by atoms with Gasteiger partial charge < -0.3 is 10.4 Å². The Hall–Kier alpha value is -0.450. The second-order valence-corrected chi connectivity index (χ2v) is 5.56. The topological polar surface area (TPSA) is 45.1 Å². The highest BCUT2D eigenvalue weighted by Gasteiger charge is 2.36. The summed E-state index contributed by atoms with van der Waals surface area (Å²) in [7, 11) is 0. The van der Waals surface area contributed by atoms with Crippen LogP contribution in [0.15, 0.2) is 10.9 Å². The SMILES string of the molecule is CC(NCC1(CCO)CCC1)c1cscn1. The molecule has 1 fully saturated rings. The number of thiazole rings is 1. The first-order valence-electron chi connectivity index (χ1n) is 5.98. The van der Waals surface area contributed by atoms with Crippen molar-refractivity contribution in [3.05, 3.63) is 16.6 Å². The molecule has 1 aliphatic rings. The average Bonchev–Trinajstić information content (AvgIpc) is 2.74. The number of nitrogens with one attached hydrogen (secondary N) is 1. The number of rotatable bonds is 6. The van der Waals surface area contributed by atoms with Gasteiger partial charge in [-0.15, -0.1) is 11.3 Å². The summed E-state index contributed by atoms with van der Waals surface area (Å²) in [4.78, 5) is 4.31. The highest BCUT2D eigenvalue weighted by Crippen LogP contribution is 2.43. The molecule has 1 heterocycles. The molecular weight excluding hydrogens is 220 g/mol. The molecule has 16 heavy (non-hydrogen) atoms. The Labute approximate surface area is 101 Å². The van der Waals surface area contributed by atoms with Crippen molar-refractivity contribution in [3.63, 3.8) is 0 Å². The highest BCUT2D eigenvalue weighted by atomic mass is 32.1. The molecule has 0 radical (unpaired) electrons. The van der Waals surface area contributed by atoms with E-state index in [0.29, 0.717) is 18.1 Å². The number of aliphatic hydroxyl groups excluding tert-OH is 1. The van der Waals surface area contributed by atoms with Crippen molar-refractivity contribution in [1.29, 1.82) is 0 Å². The summed E-state index contributed by atoms with van der Waals surface area (Å²) in [6, 6.07) is 0.322. The van der Waals surface area contributed by atoms with Gasteiger partial charge in [-0.2, -0.15) is 0 Å². The normalized spacial score (nSPS) is 20.4. The maximum atomic E-state index is 9.08. The average molecular weight is 240 g/mol. The number of hydrogen-bond acceptors (Lipinski definition) is 4. The van der Waals surface area contributed by atoms with Crippen LogP contribution in [0, 0.1) is 5.41 Å². The molecule has 0 amide bonds. The zero-order valence-electron chi connectivity index (χ0n) is 9.78. The molecule has 90 valence electrons. The molecular formula is C12H20N2OS. The minimum absolute atomic E-state index is 0.312. The van der Waals surface area contributed by atoms with Crippen LogP contribution in [0.5, 0.6) is 0 Å². The van der Waals surface area contributed by atoms with Crippen LogP contribution in [0.2, 0.25) is 0 Å². The van der Waals surface area contributed by atoms with E-state index in [2.05, 4.69) is 22.6 Å². The predicted octanol–water partition coefficient (Wildman–Crippen LogP) is 2.35. The number of nitrogens with zero attached hydrogens (tertiary/aromatic N) is 1. The molecule has 2 N–H and O–H groups in total. The van der Waals surface area contributed by atoms with Gasteiger partial charge in [0.2, 0.25) is 0 Å². The van der Waals surface area contributed by atoms with Crippen molar-refractivity contribution in [2.24, 2.45) is 5.41 Å². The van der Waals surface area contributed by atoms with E-state index in [0.717, 1.165) is 18.7 Å². The fourth-order valence-corrected chi connectivity index (χ4v) is 2.99. The van der Waals surface area contributed by atoms with E-state index >= 15 is 0 Å². The number of aliphatic hydroxyl groups is 1. The van der Waals surface area contributed by atoms with Crippen molar-refractivity contribution in [2.45, 2.75) is 38.6 Å². The maximum absolute atomic E-state index is 9.08. The molecule has 1 unspecified atom stereocenters. The largest absolute Gasteiger partial charge is 0.396 e. The first-order chi connectivity index (χ1) is 7.76. The van der Waals surface area contributed by atoms with Gasteiger partial charge in [0.1, 0.15) is 0 Å². The lowest BCUT2D eigenvalue weighted by molar-refractivity contribution is 0.0832. The van der Waals surface area contributed by atoms with Gasteiger partial charge in [-0.1, -0.05) is 6.42 Å². The first-order valence-corrected chi connectivity index (χ1v) is 6.92. The molecule has 1 aromatic heterocycles. The molecule has 1 atom stereocenters. The maximum Gasteiger partial charge on any atom is 0.0795 e. The summed E-state index contributed by atoms with van der Waals surface area (Å²) >= 11 is 1.64. The molecule has 0 bridgehead atoms. The Kier molecular flexibility index (Phi) is 3.95. The molecule has 0 aromatic carbocycles. The Morgan fingerprint density at radius 1 is 1.62 bits per heavy atom. The molecule has 0 saturated heterocycles. The summed E-state index contributed by atoms with van der Waals surface area (Å²) in [5.74, 6) is 0. The third kappa shape index (κ3) is 2.62. The van der Waals surface area contributed by atoms with E-state index in [9.17, 15) is 0 Å². The molecule has 4 heteroatoms. The minimum atomic E-state index is 0.312. The van der Waals surface area contributed by atoms with Gasteiger partial charge in [0, 0.05) is 24.6 Å². The van der Waals surface area contributed by atoms with Gasteiger partial charge in [-0.05, 0) is 31.6 Å². The van der Waals surface area contributed by atoms with Crippen LogP contribution in [-0.2, 0) is 0 Å². The van der Waals surface area contributed by atoms with Gasteiger partial charge in [0.25, 0.3) is 0 Å². The van der Waals surface area contributed by atoms with Crippen LogP contribution in [0.3, 0.4) is 0 Å². The summed E-state index contributed by atoms with van der Waals surface area (Å²) in [5.41, 5.74) is 3.36. The van der Waals surface area contributed by atoms with Crippen LogP contribution in [0.1, 0.15) is 44.3 Å². The van der Waals surface area contributed by atoms with Gasteiger partial charge in [0.05, 0.1) is 11.2 Å². The van der Waals surface area contributed by atoms with E-state index in [1.165, 1.54) is 19.3 Å². The van der Waals surface area contributed by atoms with Crippen LogP contribution in [0.4, 0.5) is 0 Å². The Balaban J connectivity index is 1.82. The smallest absolute Gasteiger partial charge is 0.0795 e.